The highest BCUT2D eigenvalue weighted by Crippen LogP contribution is 2.44. The molecule has 1 aromatic rings. The molecule has 1 N–H and O–H groups in total. The number of hydrogen-bond acceptors (Lipinski definition) is 5. The SMILES string of the molecule is COC1OC2C(O1)C1CC(O)CC2N1Cc1ccccc1. The lowest BCUT2D eigenvalue weighted by molar-refractivity contribution is -0.244. The molecule has 3 aliphatic heterocycles. The van der Waals surface area contributed by atoms with Crippen LogP contribution in [0.1, 0.15) is 18.4 Å². The fourth-order valence-corrected chi connectivity index (χ4v) is 4.02. The van der Waals surface area contributed by atoms with Gasteiger partial charge in [0.2, 0.25) is 0 Å². The first-order valence-corrected chi connectivity index (χ1v) is 7.57. The largest absolute Gasteiger partial charge is 0.393 e. The number of aliphatic hydroxyl groups excluding tert-OH is 1. The summed E-state index contributed by atoms with van der Waals surface area (Å²) in [6.07, 6.45) is 1.22. The van der Waals surface area contributed by atoms with Gasteiger partial charge in [0.25, 0.3) is 6.48 Å². The Kier molecular flexibility index (Phi) is 3.47. The van der Waals surface area contributed by atoms with E-state index < -0.39 is 6.48 Å². The van der Waals surface area contributed by atoms with Crippen molar-refractivity contribution in [1.29, 1.82) is 0 Å². The Balaban J connectivity index is 1.57. The lowest BCUT2D eigenvalue weighted by Crippen LogP contribution is -2.48. The smallest absolute Gasteiger partial charge is 0.272 e. The van der Waals surface area contributed by atoms with Crippen LogP contribution in [0.5, 0.6) is 0 Å². The molecule has 2 bridgehead atoms. The Hall–Kier alpha value is -0.980. The van der Waals surface area contributed by atoms with E-state index in [0.29, 0.717) is 0 Å². The van der Waals surface area contributed by atoms with Crippen LogP contribution in [0.25, 0.3) is 0 Å². The molecule has 0 aliphatic carbocycles. The van der Waals surface area contributed by atoms with Crippen LogP contribution in [0.3, 0.4) is 0 Å². The van der Waals surface area contributed by atoms with Crippen LogP contribution >= 0.6 is 0 Å². The maximum Gasteiger partial charge on any atom is 0.272 e. The van der Waals surface area contributed by atoms with Crippen molar-refractivity contribution in [3.63, 3.8) is 0 Å². The van der Waals surface area contributed by atoms with Crippen molar-refractivity contribution in [1.82, 2.24) is 4.90 Å². The predicted octanol–water partition coefficient (Wildman–Crippen LogP) is 1.11. The number of aliphatic hydroxyl groups is 1. The zero-order valence-electron chi connectivity index (χ0n) is 12.1. The van der Waals surface area contributed by atoms with Crippen molar-refractivity contribution in [2.24, 2.45) is 0 Å². The zero-order chi connectivity index (χ0) is 14.4. The number of hydrogen-bond donors (Lipinski definition) is 1. The number of fused-ring (bicyclic) bond motifs is 5. The van der Waals surface area contributed by atoms with E-state index in [1.807, 2.05) is 6.07 Å². The zero-order valence-corrected chi connectivity index (χ0v) is 12.1. The molecule has 21 heavy (non-hydrogen) atoms. The van der Waals surface area contributed by atoms with Gasteiger partial charge in [-0.3, -0.25) is 4.90 Å². The van der Waals surface area contributed by atoms with E-state index in [2.05, 4.69) is 29.2 Å². The molecule has 0 aromatic heterocycles. The van der Waals surface area contributed by atoms with Crippen molar-refractivity contribution < 1.29 is 19.3 Å². The molecule has 5 nitrogen and oxygen atoms in total. The van der Waals surface area contributed by atoms with Crippen LogP contribution in [0.4, 0.5) is 0 Å². The van der Waals surface area contributed by atoms with E-state index in [1.54, 1.807) is 7.11 Å². The molecule has 114 valence electrons. The Morgan fingerprint density at radius 2 is 1.76 bits per heavy atom. The van der Waals surface area contributed by atoms with E-state index in [0.717, 1.165) is 19.4 Å². The fraction of sp³-hybridized carbons (Fsp3) is 0.625. The summed E-state index contributed by atoms with van der Waals surface area (Å²) in [5.41, 5.74) is 1.28. The van der Waals surface area contributed by atoms with Gasteiger partial charge < -0.3 is 19.3 Å². The van der Waals surface area contributed by atoms with Gasteiger partial charge in [-0.1, -0.05) is 30.3 Å². The number of nitrogens with zero attached hydrogens (tertiary/aromatic N) is 1. The number of rotatable bonds is 3. The topological polar surface area (TPSA) is 51.2 Å². The molecular weight excluding hydrogens is 270 g/mol. The molecule has 3 saturated heterocycles. The van der Waals surface area contributed by atoms with Crippen LogP contribution in [0.2, 0.25) is 0 Å². The summed E-state index contributed by atoms with van der Waals surface area (Å²) in [7, 11) is 1.60. The average molecular weight is 291 g/mol. The second-order valence-electron chi connectivity index (χ2n) is 6.14. The Bertz CT molecular complexity index is 474. The van der Waals surface area contributed by atoms with Gasteiger partial charge in [-0.2, -0.15) is 0 Å². The first kappa shape index (κ1) is 13.7. The van der Waals surface area contributed by atoms with Gasteiger partial charge in [0, 0.05) is 25.7 Å². The molecule has 3 heterocycles. The highest BCUT2D eigenvalue weighted by atomic mass is 16.9. The molecular formula is C16H21NO4. The quantitative estimate of drug-likeness (QED) is 0.904. The Labute approximate surface area is 124 Å². The van der Waals surface area contributed by atoms with Crippen LogP contribution in [-0.4, -0.2) is 54.0 Å². The van der Waals surface area contributed by atoms with Crippen LogP contribution in [-0.2, 0) is 20.8 Å². The third kappa shape index (κ3) is 2.29. The van der Waals surface area contributed by atoms with Gasteiger partial charge >= 0.3 is 0 Å². The summed E-state index contributed by atoms with van der Waals surface area (Å²) < 4.78 is 16.9. The summed E-state index contributed by atoms with van der Waals surface area (Å²) >= 11 is 0. The van der Waals surface area contributed by atoms with E-state index in [4.69, 9.17) is 14.2 Å². The van der Waals surface area contributed by atoms with Crippen LogP contribution < -0.4 is 0 Å². The van der Waals surface area contributed by atoms with E-state index in [9.17, 15) is 5.11 Å². The monoisotopic (exact) mass is 291 g/mol. The second kappa shape index (κ2) is 5.34. The molecule has 3 fully saturated rings. The fourth-order valence-electron chi connectivity index (χ4n) is 4.02. The molecule has 0 amide bonds. The molecule has 0 spiro atoms. The lowest BCUT2D eigenvalue weighted by Gasteiger charge is -2.38. The summed E-state index contributed by atoms with van der Waals surface area (Å²) in [5.74, 6) is 0. The molecule has 4 unspecified atom stereocenters. The number of piperidine rings is 1. The summed E-state index contributed by atoms with van der Waals surface area (Å²) in [5, 5.41) is 10.1. The normalized spacial score (nSPS) is 42.2. The van der Waals surface area contributed by atoms with Crippen molar-refractivity contribution in [3.05, 3.63) is 35.9 Å². The van der Waals surface area contributed by atoms with Gasteiger partial charge in [-0.05, 0) is 18.4 Å². The summed E-state index contributed by atoms with van der Waals surface area (Å²) in [6, 6.07) is 10.8. The molecule has 0 saturated carbocycles. The summed E-state index contributed by atoms with van der Waals surface area (Å²) in [6.45, 7) is 0.319. The first-order chi connectivity index (χ1) is 10.3. The maximum atomic E-state index is 10.1. The van der Waals surface area contributed by atoms with Gasteiger partial charge in [-0.15, -0.1) is 0 Å². The highest BCUT2D eigenvalue weighted by Gasteiger charge is 2.58. The Morgan fingerprint density at radius 3 is 2.33 bits per heavy atom. The minimum Gasteiger partial charge on any atom is -0.393 e. The molecule has 4 rings (SSSR count). The molecule has 5 heteroatoms. The Morgan fingerprint density at radius 1 is 1.14 bits per heavy atom. The van der Waals surface area contributed by atoms with Gasteiger partial charge in [-0.25, -0.2) is 0 Å². The first-order valence-electron chi connectivity index (χ1n) is 7.57. The average Bonchev–Trinajstić information content (AvgIpc) is 2.99. The predicted molar refractivity (Wildman–Crippen MR) is 75.3 cm³/mol. The third-order valence-corrected chi connectivity index (χ3v) is 4.90. The standard InChI is InChI=1S/C16H21NO4/c1-19-16-20-14-12-7-11(18)8-13(15(14)21-16)17(12)9-10-5-3-2-4-6-10/h2-6,11-16,18H,7-9H2,1H3. The minimum absolute atomic E-state index is 0.000752. The van der Waals surface area contributed by atoms with E-state index >= 15 is 0 Å². The number of ether oxygens (including phenoxy) is 3. The summed E-state index contributed by atoms with van der Waals surface area (Å²) in [4.78, 5) is 2.43. The third-order valence-electron chi connectivity index (χ3n) is 4.90. The minimum atomic E-state index is -0.556. The van der Waals surface area contributed by atoms with Gasteiger partial charge in [0.05, 0.1) is 6.10 Å². The van der Waals surface area contributed by atoms with Crippen LogP contribution in [0, 0.1) is 0 Å². The molecule has 0 radical (unpaired) electrons. The maximum absolute atomic E-state index is 10.1. The molecule has 1 aromatic carbocycles. The molecule has 3 aliphatic rings. The lowest BCUT2D eigenvalue weighted by atomic mass is 9.98. The van der Waals surface area contributed by atoms with E-state index in [-0.39, 0.29) is 30.4 Å². The van der Waals surface area contributed by atoms with Gasteiger partial charge in [0.15, 0.2) is 0 Å². The van der Waals surface area contributed by atoms with Crippen molar-refractivity contribution in [3.8, 4) is 0 Å². The van der Waals surface area contributed by atoms with Crippen molar-refractivity contribution in [2.45, 2.75) is 56.3 Å². The number of benzene rings is 1. The van der Waals surface area contributed by atoms with Gasteiger partial charge in [0.1, 0.15) is 12.2 Å². The number of methoxy groups -OCH3 is 1. The highest BCUT2D eigenvalue weighted by molar-refractivity contribution is 5.17. The van der Waals surface area contributed by atoms with E-state index in [1.165, 1.54) is 5.56 Å². The molecule has 4 atom stereocenters. The van der Waals surface area contributed by atoms with Crippen molar-refractivity contribution >= 4 is 0 Å². The van der Waals surface area contributed by atoms with Crippen LogP contribution in [0.15, 0.2) is 30.3 Å². The second-order valence-corrected chi connectivity index (χ2v) is 6.14. The van der Waals surface area contributed by atoms with Crippen molar-refractivity contribution in [2.75, 3.05) is 7.11 Å².